The average molecular weight is 393 g/mol. The molecule has 0 unspecified atom stereocenters. The second-order valence-electron chi connectivity index (χ2n) is 6.60. The number of ether oxygens (including phenoxy) is 2. The van der Waals surface area contributed by atoms with E-state index in [-0.39, 0.29) is 0 Å². The van der Waals surface area contributed by atoms with Crippen molar-refractivity contribution in [2.24, 2.45) is 0 Å². The summed E-state index contributed by atoms with van der Waals surface area (Å²) in [6, 6.07) is 14.0. The van der Waals surface area contributed by atoms with Crippen molar-refractivity contribution in [1.82, 2.24) is 14.9 Å². The third kappa shape index (κ3) is 5.16. The van der Waals surface area contributed by atoms with Crippen molar-refractivity contribution in [3.63, 3.8) is 0 Å². The lowest BCUT2D eigenvalue weighted by molar-refractivity contribution is -0.109. The van der Waals surface area contributed by atoms with Gasteiger partial charge in [0.05, 0.1) is 24.7 Å². The molecule has 1 aromatic heterocycles. The lowest BCUT2D eigenvalue weighted by atomic mass is 10.2. The molecule has 3 aromatic rings. The molecule has 0 aliphatic rings. The van der Waals surface area contributed by atoms with Gasteiger partial charge in [-0.05, 0) is 43.2 Å². The number of benzene rings is 2. The Balaban J connectivity index is 1.72. The van der Waals surface area contributed by atoms with Crippen LogP contribution in [0.1, 0.15) is 24.7 Å². The Hall–Kier alpha value is -3.28. The molecule has 29 heavy (non-hydrogen) atoms. The normalized spacial score (nSPS) is 11.1. The molecule has 0 saturated carbocycles. The van der Waals surface area contributed by atoms with Gasteiger partial charge in [0.1, 0.15) is 12.4 Å². The second kappa shape index (κ2) is 10.3. The number of aryl methyl sites for hydroxylation is 1. The summed E-state index contributed by atoms with van der Waals surface area (Å²) in [6.45, 7) is 3.80. The maximum absolute atomic E-state index is 10.4. The van der Waals surface area contributed by atoms with Gasteiger partial charge in [-0.15, -0.1) is 0 Å². The highest BCUT2D eigenvalue weighted by atomic mass is 16.5. The van der Waals surface area contributed by atoms with E-state index in [9.17, 15) is 4.79 Å². The molecule has 1 N–H and O–H groups in total. The predicted octanol–water partition coefficient (Wildman–Crippen LogP) is 3.84. The number of allylic oxidation sites excluding steroid dienone is 1. The Morgan fingerprint density at radius 1 is 1.17 bits per heavy atom. The van der Waals surface area contributed by atoms with E-state index in [1.807, 2.05) is 55.5 Å². The van der Waals surface area contributed by atoms with Crippen molar-refractivity contribution >= 4 is 23.5 Å². The first-order valence-corrected chi connectivity index (χ1v) is 9.81. The molecule has 0 spiro atoms. The summed E-state index contributed by atoms with van der Waals surface area (Å²) in [7, 11) is 1.65. The van der Waals surface area contributed by atoms with E-state index in [1.165, 1.54) is 0 Å². The first kappa shape index (κ1) is 20.5. The summed E-state index contributed by atoms with van der Waals surface area (Å²) in [5, 5.41) is 2.70. The number of amides is 1. The number of nitrogens with one attached hydrogen (secondary N) is 1. The molecule has 3 rings (SSSR count). The van der Waals surface area contributed by atoms with Crippen LogP contribution in [0.2, 0.25) is 0 Å². The number of hydrogen-bond donors (Lipinski definition) is 1. The van der Waals surface area contributed by atoms with Gasteiger partial charge in [0.15, 0.2) is 11.5 Å². The third-order valence-electron chi connectivity index (χ3n) is 4.66. The molecule has 0 saturated heterocycles. The molecule has 1 heterocycles. The van der Waals surface area contributed by atoms with Gasteiger partial charge in [0, 0.05) is 13.0 Å². The van der Waals surface area contributed by atoms with Gasteiger partial charge < -0.3 is 19.4 Å². The zero-order valence-corrected chi connectivity index (χ0v) is 16.9. The van der Waals surface area contributed by atoms with Crippen LogP contribution in [-0.4, -0.2) is 36.2 Å². The highest BCUT2D eigenvalue weighted by Gasteiger charge is 2.11. The monoisotopic (exact) mass is 393 g/mol. The van der Waals surface area contributed by atoms with Crippen LogP contribution in [0.25, 0.3) is 17.1 Å². The second-order valence-corrected chi connectivity index (χ2v) is 6.60. The van der Waals surface area contributed by atoms with Gasteiger partial charge in [-0.25, -0.2) is 4.98 Å². The molecule has 0 aliphatic heterocycles. The fourth-order valence-electron chi connectivity index (χ4n) is 3.32. The van der Waals surface area contributed by atoms with E-state index in [1.54, 1.807) is 7.11 Å². The van der Waals surface area contributed by atoms with Crippen molar-refractivity contribution in [2.45, 2.75) is 26.3 Å². The SMILES string of the molecule is CC=Cc1ccc(OCCn2c(CCCNC=O)nc3ccccc32)c(OC)c1. The van der Waals surface area contributed by atoms with E-state index in [2.05, 4.69) is 16.0 Å². The van der Waals surface area contributed by atoms with E-state index >= 15 is 0 Å². The number of hydrogen-bond acceptors (Lipinski definition) is 4. The fraction of sp³-hybridized carbons (Fsp3) is 0.304. The molecule has 2 aromatic carbocycles. The van der Waals surface area contributed by atoms with Crippen LogP contribution in [-0.2, 0) is 17.8 Å². The number of nitrogens with zero attached hydrogens (tertiary/aromatic N) is 2. The van der Waals surface area contributed by atoms with Gasteiger partial charge in [-0.3, -0.25) is 4.79 Å². The zero-order chi connectivity index (χ0) is 20.5. The van der Waals surface area contributed by atoms with E-state index in [4.69, 9.17) is 14.5 Å². The maximum Gasteiger partial charge on any atom is 0.207 e. The van der Waals surface area contributed by atoms with Crippen molar-refractivity contribution in [3.8, 4) is 11.5 Å². The van der Waals surface area contributed by atoms with Crippen molar-refractivity contribution in [1.29, 1.82) is 0 Å². The number of fused-ring (bicyclic) bond motifs is 1. The Morgan fingerprint density at radius 3 is 2.83 bits per heavy atom. The molecule has 0 radical (unpaired) electrons. The fourth-order valence-corrected chi connectivity index (χ4v) is 3.32. The number of rotatable bonds is 11. The summed E-state index contributed by atoms with van der Waals surface area (Å²) in [4.78, 5) is 15.2. The lowest BCUT2D eigenvalue weighted by Gasteiger charge is -2.13. The van der Waals surface area contributed by atoms with Crippen LogP contribution >= 0.6 is 0 Å². The molecule has 152 valence electrons. The molecule has 0 fully saturated rings. The van der Waals surface area contributed by atoms with Crippen LogP contribution in [0.15, 0.2) is 48.5 Å². The number of methoxy groups -OCH3 is 1. The van der Waals surface area contributed by atoms with E-state index in [0.717, 1.165) is 53.2 Å². The van der Waals surface area contributed by atoms with Crippen LogP contribution in [0.3, 0.4) is 0 Å². The molecule has 6 nitrogen and oxygen atoms in total. The highest BCUT2D eigenvalue weighted by molar-refractivity contribution is 5.75. The number of imidazole rings is 1. The summed E-state index contributed by atoms with van der Waals surface area (Å²) in [5.41, 5.74) is 3.13. The minimum absolute atomic E-state index is 0.499. The topological polar surface area (TPSA) is 65.4 Å². The lowest BCUT2D eigenvalue weighted by Crippen LogP contribution is -2.15. The van der Waals surface area contributed by atoms with Gasteiger partial charge in [0.25, 0.3) is 0 Å². The minimum atomic E-state index is 0.499. The van der Waals surface area contributed by atoms with E-state index in [0.29, 0.717) is 19.7 Å². The van der Waals surface area contributed by atoms with Crippen molar-refractivity contribution < 1.29 is 14.3 Å². The van der Waals surface area contributed by atoms with Gasteiger partial charge >= 0.3 is 0 Å². The third-order valence-corrected chi connectivity index (χ3v) is 4.66. The Labute approximate surface area is 171 Å². The minimum Gasteiger partial charge on any atom is -0.493 e. The average Bonchev–Trinajstić information content (AvgIpc) is 3.10. The predicted molar refractivity (Wildman–Crippen MR) is 115 cm³/mol. The molecule has 6 heteroatoms. The Kier molecular flexibility index (Phi) is 7.28. The summed E-state index contributed by atoms with van der Waals surface area (Å²) in [6.07, 6.45) is 6.37. The van der Waals surface area contributed by atoms with Crippen LogP contribution in [0.4, 0.5) is 0 Å². The van der Waals surface area contributed by atoms with Gasteiger partial charge in [0.2, 0.25) is 6.41 Å². The van der Waals surface area contributed by atoms with Crippen LogP contribution in [0, 0.1) is 0 Å². The van der Waals surface area contributed by atoms with E-state index < -0.39 is 0 Å². The number of carbonyl (C=O) groups excluding carboxylic acids is 1. The quantitative estimate of drug-likeness (QED) is 0.397. The number of aromatic nitrogens is 2. The molecule has 0 aliphatic carbocycles. The first-order chi connectivity index (χ1) is 14.3. The molecule has 0 bridgehead atoms. The van der Waals surface area contributed by atoms with Crippen LogP contribution in [0.5, 0.6) is 11.5 Å². The zero-order valence-electron chi connectivity index (χ0n) is 16.9. The van der Waals surface area contributed by atoms with Crippen molar-refractivity contribution in [2.75, 3.05) is 20.3 Å². The molecular formula is C23H27N3O3. The molecular weight excluding hydrogens is 366 g/mol. The maximum atomic E-state index is 10.4. The Bertz CT molecular complexity index is 979. The van der Waals surface area contributed by atoms with Crippen LogP contribution < -0.4 is 14.8 Å². The molecule has 0 atom stereocenters. The highest BCUT2D eigenvalue weighted by Crippen LogP contribution is 2.28. The van der Waals surface area contributed by atoms with Crippen molar-refractivity contribution in [3.05, 3.63) is 59.9 Å². The number of para-hydroxylation sites is 2. The first-order valence-electron chi connectivity index (χ1n) is 9.81. The largest absolute Gasteiger partial charge is 0.493 e. The standard InChI is InChI=1S/C23H27N3O3/c1-3-7-18-11-12-21(22(16-18)28-2)29-15-14-26-20-9-5-4-8-19(20)25-23(26)10-6-13-24-17-27/h3-5,7-9,11-12,16-17H,6,10,13-15H2,1-2H3,(H,24,27). The summed E-state index contributed by atoms with van der Waals surface area (Å²) < 4.78 is 13.7. The summed E-state index contributed by atoms with van der Waals surface area (Å²) >= 11 is 0. The number of carbonyl (C=O) groups is 1. The summed E-state index contributed by atoms with van der Waals surface area (Å²) in [5.74, 6) is 2.44. The molecule has 1 amide bonds. The Morgan fingerprint density at radius 2 is 2.03 bits per heavy atom. The van der Waals surface area contributed by atoms with Gasteiger partial charge in [-0.1, -0.05) is 30.4 Å². The smallest absolute Gasteiger partial charge is 0.207 e. The van der Waals surface area contributed by atoms with Gasteiger partial charge in [-0.2, -0.15) is 0 Å².